The Morgan fingerprint density at radius 2 is 0.688 bits per heavy atom. The summed E-state index contributed by atoms with van der Waals surface area (Å²) in [5.41, 5.74) is 3.29. The van der Waals surface area contributed by atoms with Gasteiger partial charge in [0, 0.05) is 23.0 Å². The van der Waals surface area contributed by atoms with E-state index in [4.69, 9.17) is 0 Å². The van der Waals surface area contributed by atoms with Gasteiger partial charge in [0.05, 0.1) is 0 Å². The Labute approximate surface area is 188 Å². The van der Waals surface area contributed by atoms with Crippen LogP contribution < -0.4 is 0 Å². The summed E-state index contributed by atoms with van der Waals surface area (Å²) < 4.78 is 0. The Morgan fingerprint density at radius 3 is 0.969 bits per heavy atom. The van der Waals surface area contributed by atoms with Gasteiger partial charge in [-0.1, -0.05) is 86.6 Å². The Morgan fingerprint density at radius 1 is 0.406 bits per heavy atom. The van der Waals surface area contributed by atoms with Crippen LogP contribution in [0.15, 0.2) is 97.1 Å². The Kier molecular flexibility index (Phi) is 7.40. The zero-order valence-electron chi connectivity index (χ0n) is 18.2. The van der Waals surface area contributed by atoms with Crippen molar-refractivity contribution in [2.45, 2.75) is 25.7 Å². The lowest BCUT2D eigenvalue weighted by Crippen LogP contribution is -1.96. The standard InChI is InChI=1S/2C14H14O2/c2*1-10(11-6-3-2-4-7-11)14-12(15)8-5-9-13(14)16/h2*2-10,15-16H,1H3. The summed E-state index contributed by atoms with van der Waals surface area (Å²) in [6.45, 7) is 3.92. The number of hydrogen-bond donors (Lipinski definition) is 4. The summed E-state index contributed by atoms with van der Waals surface area (Å²) in [5, 5.41) is 39.1. The molecule has 0 aliphatic heterocycles. The second kappa shape index (κ2) is 10.4. The van der Waals surface area contributed by atoms with Crippen LogP contribution in [0.3, 0.4) is 0 Å². The summed E-state index contributed by atoms with van der Waals surface area (Å²) in [4.78, 5) is 0. The first-order valence-corrected chi connectivity index (χ1v) is 10.5. The number of rotatable bonds is 4. The van der Waals surface area contributed by atoms with Crippen LogP contribution in [0.2, 0.25) is 0 Å². The first-order valence-electron chi connectivity index (χ1n) is 10.5. The molecule has 0 spiro atoms. The highest BCUT2D eigenvalue weighted by Crippen LogP contribution is 2.38. The van der Waals surface area contributed by atoms with Crippen LogP contribution in [0, 0.1) is 0 Å². The highest BCUT2D eigenvalue weighted by Gasteiger charge is 2.17. The molecule has 4 aromatic rings. The quantitative estimate of drug-likeness (QED) is 0.299. The molecule has 0 saturated heterocycles. The van der Waals surface area contributed by atoms with E-state index in [0.717, 1.165) is 11.1 Å². The summed E-state index contributed by atoms with van der Waals surface area (Å²) in [5.74, 6) is 0.491. The van der Waals surface area contributed by atoms with Crippen LogP contribution in [0.1, 0.15) is 47.9 Å². The van der Waals surface area contributed by atoms with Crippen molar-refractivity contribution in [1.82, 2.24) is 0 Å². The second-order valence-electron chi connectivity index (χ2n) is 7.68. The number of hydrogen-bond acceptors (Lipinski definition) is 4. The molecule has 4 nitrogen and oxygen atoms in total. The normalized spacial score (nSPS) is 12.3. The Balaban J connectivity index is 0.000000181. The maximum absolute atomic E-state index is 9.76. The molecule has 2 atom stereocenters. The van der Waals surface area contributed by atoms with Crippen molar-refractivity contribution in [2.24, 2.45) is 0 Å². The summed E-state index contributed by atoms with van der Waals surface area (Å²) in [6, 6.07) is 29.2. The van der Waals surface area contributed by atoms with Gasteiger partial charge in [-0.05, 0) is 35.4 Å². The molecule has 0 amide bonds. The molecule has 0 fully saturated rings. The molecule has 164 valence electrons. The molecule has 4 aromatic carbocycles. The SMILES string of the molecule is CC(c1ccccc1)c1c(O)cccc1O.CC(c1ccccc1)c1c(O)cccc1O. The van der Waals surface area contributed by atoms with Gasteiger partial charge in [0.25, 0.3) is 0 Å². The van der Waals surface area contributed by atoms with Crippen LogP contribution in [-0.4, -0.2) is 20.4 Å². The third-order valence-corrected chi connectivity index (χ3v) is 5.59. The molecule has 0 aliphatic carbocycles. The van der Waals surface area contributed by atoms with Gasteiger partial charge >= 0.3 is 0 Å². The molecular formula is C28H28O4. The molecule has 0 saturated carbocycles. The van der Waals surface area contributed by atoms with Gasteiger partial charge in [0.1, 0.15) is 23.0 Å². The summed E-state index contributed by atoms with van der Waals surface area (Å²) >= 11 is 0. The average Bonchev–Trinajstić information content (AvgIpc) is 2.80. The molecular weight excluding hydrogens is 400 g/mol. The topological polar surface area (TPSA) is 80.9 Å². The minimum absolute atomic E-state index is 0.0256. The lowest BCUT2D eigenvalue weighted by molar-refractivity contribution is 0.434. The Hall–Kier alpha value is -3.92. The van der Waals surface area contributed by atoms with Crippen LogP contribution in [0.25, 0.3) is 0 Å². The second-order valence-corrected chi connectivity index (χ2v) is 7.68. The molecule has 0 bridgehead atoms. The molecule has 0 heterocycles. The molecule has 32 heavy (non-hydrogen) atoms. The summed E-state index contributed by atoms with van der Waals surface area (Å²) in [6.07, 6.45) is 0. The van der Waals surface area contributed by atoms with E-state index in [2.05, 4.69) is 0 Å². The third-order valence-electron chi connectivity index (χ3n) is 5.59. The van der Waals surface area contributed by atoms with Crippen molar-refractivity contribution >= 4 is 0 Å². The van der Waals surface area contributed by atoms with Crippen LogP contribution in [0.4, 0.5) is 0 Å². The van der Waals surface area contributed by atoms with Crippen LogP contribution >= 0.6 is 0 Å². The van der Waals surface area contributed by atoms with E-state index in [1.54, 1.807) is 36.4 Å². The monoisotopic (exact) mass is 428 g/mol. The summed E-state index contributed by atoms with van der Waals surface area (Å²) in [7, 11) is 0. The average molecular weight is 429 g/mol. The molecule has 0 radical (unpaired) electrons. The van der Waals surface area contributed by atoms with Crippen molar-refractivity contribution in [2.75, 3.05) is 0 Å². The lowest BCUT2D eigenvalue weighted by atomic mass is 9.92. The number of aromatic hydroxyl groups is 4. The van der Waals surface area contributed by atoms with E-state index in [1.165, 1.54) is 0 Å². The molecule has 2 unspecified atom stereocenters. The van der Waals surface area contributed by atoms with Gasteiger partial charge < -0.3 is 20.4 Å². The predicted molar refractivity (Wildman–Crippen MR) is 127 cm³/mol. The predicted octanol–water partition coefficient (Wildman–Crippen LogP) is 6.50. The van der Waals surface area contributed by atoms with E-state index in [-0.39, 0.29) is 34.8 Å². The maximum atomic E-state index is 9.76. The molecule has 0 aliphatic rings. The fourth-order valence-corrected chi connectivity index (χ4v) is 3.79. The number of phenolic OH excluding ortho intramolecular Hbond substituents is 4. The van der Waals surface area contributed by atoms with Crippen molar-refractivity contribution in [1.29, 1.82) is 0 Å². The van der Waals surface area contributed by atoms with Crippen LogP contribution in [0.5, 0.6) is 23.0 Å². The highest BCUT2D eigenvalue weighted by atomic mass is 16.3. The minimum Gasteiger partial charge on any atom is -0.508 e. The minimum atomic E-state index is -0.0256. The van der Waals surface area contributed by atoms with E-state index in [9.17, 15) is 20.4 Å². The largest absolute Gasteiger partial charge is 0.508 e. The zero-order chi connectivity index (χ0) is 23.1. The highest BCUT2D eigenvalue weighted by molar-refractivity contribution is 5.50. The molecule has 0 aromatic heterocycles. The maximum Gasteiger partial charge on any atom is 0.123 e. The van der Waals surface area contributed by atoms with Crippen molar-refractivity contribution in [3.8, 4) is 23.0 Å². The smallest absolute Gasteiger partial charge is 0.123 e. The van der Waals surface area contributed by atoms with Crippen molar-refractivity contribution in [3.05, 3.63) is 119 Å². The molecule has 4 heteroatoms. The van der Waals surface area contributed by atoms with Gasteiger partial charge in [0.2, 0.25) is 0 Å². The zero-order valence-corrected chi connectivity index (χ0v) is 18.2. The Bertz CT molecular complexity index is 1010. The van der Waals surface area contributed by atoms with E-state index < -0.39 is 0 Å². The van der Waals surface area contributed by atoms with E-state index >= 15 is 0 Å². The van der Waals surface area contributed by atoms with E-state index in [1.807, 2.05) is 74.5 Å². The van der Waals surface area contributed by atoms with Gasteiger partial charge in [0.15, 0.2) is 0 Å². The van der Waals surface area contributed by atoms with E-state index in [0.29, 0.717) is 11.1 Å². The van der Waals surface area contributed by atoms with Crippen LogP contribution in [-0.2, 0) is 0 Å². The van der Waals surface area contributed by atoms with Crippen molar-refractivity contribution < 1.29 is 20.4 Å². The lowest BCUT2D eigenvalue weighted by Gasteiger charge is -2.15. The van der Waals surface area contributed by atoms with Crippen molar-refractivity contribution in [3.63, 3.8) is 0 Å². The fourth-order valence-electron chi connectivity index (χ4n) is 3.79. The number of benzene rings is 4. The van der Waals surface area contributed by atoms with Gasteiger partial charge in [-0.3, -0.25) is 0 Å². The van der Waals surface area contributed by atoms with Gasteiger partial charge in [-0.25, -0.2) is 0 Å². The molecule has 4 rings (SSSR count). The first-order chi connectivity index (χ1) is 15.4. The van der Waals surface area contributed by atoms with Gasteiger partial charge in [-0.15, -0.1) is 0 Å². The third kappa shape index (κ3) is 5.22. The molecule has 4 N–H and O–H groups in total. The first kappa shape index (κ1) is 22.8. The fraction of sp³-hybridized carbons (Fsp3) is 0.143. The van der Waals surface area contributed by atoms with Gasteiger partial charge in [-0.2, -0.15) is 0 Å². The number of phenols is 4.